The highest BCUT2D eigenvalue weighted by atomic mass is 16.7. The normalized spacial score (nSPS) is 11.4. The van der Waals surface area contributed by atoms with Crippen molar-refractivity contribution in [2.24, 2.45) is 0 Å². The van der Waals surface area contributed by atoms with Crippen LogP contribution >= 0.6 is 0 Å². The number of nitro groups is 1. The molecule has 0 radical (unpaired) electrons. The summed E-state index contributed by atoms with van der Waals surface area (Å²) < 4.78 is 0. The number of anilines is 1. The van der Waals surface area contributed by atoms with Gasteiger partial charge in [-0.3, -0.25) is 0 Å². The van der Waals surface area contributed by atoms with E-state index in [2.05, 4.69) is 0 Å². The molecule has 100 valence electrons. The van der Waals surface area contributed by atoms with E-state index in [9.17, 15) is 19.7 Å². The molecule has 0 aromatic heterocycles. The molecule has 1 aromatic rings. The van der Waals surface area contributed by atoms with Crippen molar-refractivity contribution in [2.75, 3.05) is 5.01 Å². The number of carboxylic acid groups (broad SMARTS) is 2. The topological polar surface area (TPSA) is 121 Å². The van der Waals surface area contributed by atoms with E-state index >= 15 is 0 Å². The maximum absolute atomic E-state index is 11.1. The highest BCUT2D eigenvalue weighted by Crippen LogP contribution is 2.21. The number of para-hydroxylation sites is 1. The first-order valence-corrected chi connectivity index (χ1v) is 5.03. The number of hydrazine groups is 1. The molecule has 0 spiro atoms. The van der Waals surface area contributed by atoms with Crippen molar-refractivity contribution in [3.63, 3.8) is 0 Å². The summed E-state index contributed by atoms with van der Waals surface area (Å²) in [4.78, 5) is 32.9. The van der Waals surface area contributed by atoms with Crippen LogP contribution in [0.3, 0.4) is 0 Å². The van der Waals surface area contributed by atoms with Crippen LogP contribution in [0.15, 0.2) is 41.6 Å². The van der Waals surface area contributed by atoms with Crippen LogP contribution in [0.2, 0.25) is 0 Å². The number of aliphatic carboxylic acids is 2. The van der Waals surface area contributed by atoms with Gasteiger partial charge in [-0.1, -0.05) is 23.2 Å². The average Bonchev–Trinajstić information content (AvgIpc) is 2.34. The van der Waals surface area contributed by atoms with Crippen molar-refractivity contribution in [3.05, 3.63) is 51.7 Å². The molecule has 0 atom stereocenters. The van der Waals surface area contributed by atoms with Gasteiger partial charge >= 0.3 is 11.9 Å². The summed E-state index contributed by atoms with van der Waals surface area (Å²) in [5.41, 5.74) is -1.60. The second-order valence-corrected chi connectivity index (χ2v) is 3.47. The second-order valence-electron chi connectivity index (χ2n) is 3.47. The fourth-order valence-electron chi connectivity index (χ4n) is 1.39. The molecule has 0 fully saturated rings. The molecule has 0 heterocycles. The van der Waals surface area contributed by atoms with E-state index in [4.69, 9.17) is 10.2 Å². The first-order chi connectivity index (χ1) is 8.86. The molecule has 0 saturated carbocycles. The van der Waals surface area contributed by atoms with Crippen molar-refractivity contribution in [1.82, 2.24) is 0 Å². The Kier molecular flexibility index (Phi) is 4.19. The number of carbonyl (C=O) groups is 2. The third-order valence-electron chi connectivity index (χ3n) is 2.25. The zero-order chi connectivity index (χ0) is 14.6. The lowest BCUT2D eigenvalue weighted by molar-refractivity contribution is -0.487. The molecule has 1 aromatic carbocycles. The van der Waals surface area contributed by atoms with Gasteiger partial charge in [0.05, 0.1) is 5.57 Å². The SMILES string of the molecule is C/C(C(=O)O)=C(\C(=O)O)N(c1ccccc1)[N+](=O)[O-]. The Hall–Kier alpha value is -2.90. The molecular weight excluding hydrogens is 256 g/mol. The van der Waals surface area contributed by atoms with Crippen LogP contribution in [0.5, 0.6) is 0 Å². The van der Waals surface area contributed by atoms with Gasteiger partial charge in [0.1, 0.15) is 5.69 Å². The molecule has 0 aliphatic carbocycles. The van der Waals surface area contributed by atoms with Crippen molar-refractivity contribution in [3.8, 4) is 0 Å². The largest absolute Gasteiger partial charge is 0.478 e. The minimum atomic E-state index is -1.69. The molecule has 8 heteroatoms. The number of hydrogen-bond donors (Lipinski definition) is 2. The van der Waals surface area contributed by atoms with Gasteiger partial charge in [0.15, 0.2) is 5.03 Å². The number of nitrogens with zero attached hydrogens (tertiary/aromatic N) is 2. The highest BCUT2D eigenvalue weighted by Gasteiger charge is 2.32. The quantitative estimate of drug-likeness (QED) is 0.465. The van der Waals surface area contributed by atoms with E-state index in [0.717, 1.165) is 6.92 Å². The third-order valence-corrected chi connectivity index (χ3v) is 2.25. The molecule has 0 amide bonds. The van der Waals surface area contributed by atoms with E-state index in [1.807, 2.05) is 0 Å². The van der Waals surface area contributed by atoms with Gasteiger partial charge in [0.25, 0.3) is 0 Å². The predicted octanol–water partition coefficient (Wildman–Crippen LogP) is 1.13. The summed E-state index contributed by atoms with van der Waals surface area (Å²) >= 11 is 0. The Labute approximate surface area is 107 Å². The molecule has 0 aliphatic heterocycles. The zero-order valence-corrected chi connectivity index (χ0v) is 9.81. The summed E-state index contributed by atoms with van der Waals surface area (Å²) in [6, 6.07) is 7.15. The molecule has 0 bridgehead atoms. The lowest BCUT2D eigenvalue weighted by atomic mass is 10.2. The molecule has 0 aliphatic rings. The van der Waals surface area contributed by atoms with Crippen LogP contribution < -0.4 is 5.01 Å². The molecule has 8 nitrogen and oxygen atoms in total. The average molecular weight is 266 g/mol. The van der Waals surface area contributed by atoms with Crippen molar-refractivity contribution < 1.29 is 24.8 Å². The Bertz CT molecular complexity index is 552. The Morgan fingerprint density at radius 3 is 2.05 bits per heavy atom. The lowest BCUT2D eigenvalue weighted by Crippen LogP contribution is -2.34. The summed E-state index contributed by atoms with van der Waals surface area (Å²) in [6.07, 6.45) is 0. The van der Waals surface area contributed by atoms with E-state index in [0.29, 0.717) is 0 Å². The molecule has 19 heavy (non-hydrogen) atoms. The highest BCUT2D eigenvalue weighted by molar-refractivity contribution is 6.00. The smallest absolute Gasteiger partial charge is 0.359 e. The molecule has 2 N–H and O–H groups in total. The van der Waals surface area contributed by atoms with Crippen molar-refractivity contribution in [1.29, 1.82) is 0 Å². The van der Waals surface area contributed by atoms with Gasteiger partial charge in [-0.15, -0.1) is 0 Å². The van der Waals surface area contributed by atoms with Gasteiger partial charge < -0.3 is 10.2 Å². The van der Waals surface area contributed by atoms with Crippen LogP contribution in [0.4, 0.5) is 5.69 Å². The molecular formula is C11H10N2O6. The first kappa shape index (κ1) is 14.2. The maximum Gasteiger partial charge on any atom is 0.359 e. The summed E-state index contributed by atoms with van der Waals surface area (Å²) in [6.45, 7) is 0.991. The summed E-state index contributed by atoms with van der Waals surface area (Å²) in [7, 11) is 0. The van der Waals surface area contributed by atoms with Gasteiger partial charge in [-0.2, -0.15) is 0 Å². The lowest BCUT2D eigenvalue weighted by Gasteiger charge is -2.15. The monoisotopic (exact) mass is 266 g/mol. The first-order valence-electron chi connectivity index (χ1n) is 5.03. The van der Waals surface area contributed by atoms with Gasteiger partial charge in [0, 0.05) is 0 Å². The van der Waals surface area contributed by atoms with Crippen molar-refractivity contribution in [2.45, 2.75) is 6.92 Å². The minimum absolute atomic E-state index is 0.0505. The van der Waals surface area contributed by atoms with E-state index in [1.165, 1.54) is 24.3 Å². The Morgan fingerprint density at radius 2 is 1.68 bits per heavy atom. The Balaban J connectivity index is 3.48. The van der Waals surface area contributed by atoms with Crippen molar-refractivity contribution >= 4 is 17.6 Å². The minimum Gasteiger partial charge on any atom is -0.478 e. The fourth-order valence-corrected chi connectivity index (χ4v) is 1.39. The maximum atomic E-state index is 11.1. The molecule has 0 unspecified atom stereocenters. The van der Waals surface area contributed by atoms with Crippen LogP contribution in [0.25, 0.3) is 0 Å². The summed E-state index contributed by atoms with van der Waals surface area (Å²) in [5.74, 6) is -3.24. The van der Waals surface area contributed by atoms with Crippen LogP contribution in [0.1, 0.15) is 6.92 Å². The van der Waals surface area contributed by atoms with Gasteiger partial charge in [-0.25, -0.2) is 19.7 Å². The second kappa shape index (κ2) is 5.63. The van der Waals surface area contributed by atoms with Gasteiger partial charge in [0.2, 0.25) is 5.70 Å². The number of rotatable bonds is 5. The van der Waals surface area contributed by atoms with Gasteiger partial charge in [-0.05, 0) is 19.1 Å². The third kappa shape index (κ3) is 3.06. The number of carboxylic acids is 2. The molecule has 1 rings (SSSR count). The number of hydrogen-bond acceptors (Lipinski definition) is 4. The molecule has 0 saturated heterocycles. The Morgan fingerprint density at radius 1 is 1.16 bits per heavy atom. The van der Waals surface area contributed by atoms with Crippen LogP contribution in [0, 0.1) is 10.1 Å². The van der Waals surface area contributed by atoms with E-state index < -0.39 is 28.2 Å². The predicted molar refractivity (Wildman–Crippen MR) is 63.9 cm³/mol. The zero-order valence-electron chi connectivity index (χ0n) is 9.81. The number of benzene rings is 1. The van der Waals surface area contributed by atoms with Crippen LogP contribution in [-0.2, 0) is 9.59 Å². The summed E-state index contributed by atoms with van der Waals surface area (Å²) in [5, 5.41) is 28.1. The van der Waals surface area contributed by atoms with E-state index in [1.54, 1.807) is 6.07 Å². The standard InChI is InChI=1S/C11H10N2O6/c1-7(10(14)15)9(11(16)17)12(13(18)19)8-5-3-2-4-6-8/h2-6H,1H3,(H,14,15)(H,16,17)/b9-7-. The fraction of sp³-hybridized carbons (Fsp3) is 0.0909. The van der Waals surface area contributed by atoms with E-state index in [-0.39, 0.29) is 10.7 Å². The van der Waals surface area contributed by atoms with Crippen LogP contribution in [-0.4, -0.2) is 27.2 Å².